The van der Waals surface area contributed by atoms with Crippen molar-refractivity contribution in [3.63, 3.8) is 0 Å². The second-order valence-corrected chi connectivity index (χ2v) is 6.81. The summed E-state index contributed by atoms with van der Waals surface area (Å²) in [5, 5.41) is 14.5. The summed E-state index contributed by atoms with van der Waals surface area (Å²) >= 11 is 1.41. The molecule has 2 aromatic rings. The molecular formula is C14H15F2NO3S2. The Bertz CT molecular complexity index is 652. The van der Waals surface area contributed by atoms with Gasteiger partial charge in [0.15, 0.2) is 0 Å². The number of aliphatic hydroxyl groups is 1. The topological polar surface area (TPSA) is 62.5 Å². The summed E-state index contributed by atoms with van der Waals surface area (Å²) in [4.78, 5) is 12.5. The van der Waals surface area contributed by atoms with Gasteiger partial charge in [0.05, 0.1) is 6.54 Å². The van der Waals surface area contributed by atoms with Crippen molar-refractivity contribution in [3.8, 4) is 0 Å². The Morgan fingerprint density at radius 3 is 2.82 bits per heavy atom. The summed E-state index contributed by atoms with van der Waals surface area (Å²) in [7, 11) is 0. The molecule has 0 aromatic carbocycles. The molecule has 1 unspecified atom stereocenters. The highest BCUT2D eigenvalue weighted by atomic mass is 32.2. The maximum Gasteiger partial charge on any atom is 0.288 e. The van der Waals surface area contributed by atoms with E-state index in [0.717, 1.165) is 11.3 Å². The number of thiophene rings is 1. The number of thioether (sulfide) groups is 1. The van der Waals surface area contributed by atoms with Gasteiger partial charge in [-0.25, -0.2) is 0 Å². The molecule has 1 amide bonds. The maximum atomic E-state index is 12.4. The van der Waals surface area contributed by atoms with E-state index in [4.69, 9.17) is 4.42 Å². The molecule has 120 valence electrons. The van der Waals surface area contributed by atoms with E-state index in [-0.39, 0.29) is 16.3 Å². The van der Waals surface area contributed by atoms with Crippen LogP contribution in [0.15, 0.2) is 32.9 Å². The molecule has 0 saturated heterocycles. The van der Waals surface area contributed by atoms with Crippen molar-refractivity contribution < 1.29 is 23.1 Å². The number of rotatable bonds is 6. The Morgan fingerprint density at radius 1 is 1.50 bits per heavy atom. The zero-order valence-electron chi connectivity index (χ0n) is 11.9. The summed E-state index contributed by atoms with van der Waals surface area (Å²) < 4.78 is 30.2. The van der Waals surface area contributed by atoms with Crippen LogP contribution < -0.4 is 5.32 Å². The van der Waals surface area contributed by atoms with Crippen molar-refractivity contribution in [2.75, 3.05) is 6.54 Å². The molecule has 0 saturated carbocycles. The van der Waals surface area contributed by atoms with Gasteiger partial charge in [0.2, 0.25) is 0 Å². The maximum absolute atomic E-state index is 12.4. The van der Waals surface area contributed by atoms with Gasteiger partial charge in [-0.3, -0.25) is 4.79 Å². The van der Waals surface area contributed by atoms with Crippen LogP contribution in [0.25, 0.3) is 0 Å². The second-order valence-electron chi connectivity index (χ2n) is 4.86. The Balaban J connectivity index is 2.02. The van der Waals surface area contributed by atoms with Gasteiger partial charge >= 0.3 is 0 Å². The summed E-state index contributed by atoms with van der Waals surface area (Å²) in [6, 6.07) is 4.82. The van der Waals surface area contributed by atoms with Gasteiger partial charge in [0.1, 0.15) is 22.0 Å². The molecule has 0 aliphatic rings. The molecule has 2 heterocycles. The Labute approximate surface area is 134 Å². The lowest BCUT2D eigenvalue weighted by atomic mass is 10.0. The quantitative estimate of drug-likeness (QED) is 0.784. The van der Waals surface area contributed by atoms with Gasteiger partial charge in [-0.2, -0.15) is 8.78 Å². The van der Waals surface area contributed by atoms with Crippen molar-refractivity contribution in [2.24, 2.45) is 0 Å². The van der Waals surface area contributed by atoms with Gasteiger partial charge in [0, 0.05) is 4.90 Å². The van der Waals surface area contributed by atoms with Gasteiger partial charge < -0.3 is 14.8 Å². The minimum Gasteiger partial charge on any atom is -0.463 e. The van der Waals surface area contributed by atoms with Crippen molar-refractivity contribution >= 4 is 29.0 Å². The first-order chi connectivity index (χ1) is 10.3. The molecule has 0 bridgehead atoms. The molecule has 8 heteroatoms. The fourth-order valence-corrected chi connectivity index (χ4v) is 3.41. The number of nitrogens with one attached hydrogen (secondary N) is 1. The molecule has 2 rings (SSSR count). The van der Waals surface area contributed by atoms with Crippen molar-refractivity contribution in [3.05, 3.63) is 40.0 Å². The number of carbonyl (C=O) groups is 1. The van der Waals surface area contributed by atoms with Crippen LogP contribution in [0.3, 0.4) is 0 Å². The largest absolute Gasteiger partial charge is 0.463 e. The van der Waals surface area contributed by atoms with Crippen LogP contribution in [0.2, 0.25) is 0 Å². The summed E-state index contributed by atoms with van der Waals surface area (Å²) in [5.74, 6) is -2.11. The normalized spacial score (nSPS) is 14.1. The SMILES string of the molecule is Cc1ccc(C(C)(O)CNC(=O)c2sccc2SC(F)F)o1. The summed E-state index contributed by atoms with van der Waals surface area (Å²) in [6.45, 7) is 3.17. The third kappa shape index (κ3) is 4.08. The van der Waals surface area contributed by atoms with Crippen LogP contribution >= 0.6 is 23.1 Å². The van der Waals surface area contributed by atoms with Crippen LogP contribution in [0.4, 0.5) is 8.78 Å². The van der Waals surface area contributed by atoms with E-state index >= 15 is 0 Å². The molecular weight excluding hydrogens is 332 g/mol. The number of alkyl halides is 2. The van der Waals surface area contributed by atoms with Gasteiger partial charge in [-0.1, -0.05) is 11.8 Å². The highest BCUT2D eigenvalue weighted by molar-refractivity contribution is 7.99. The smallest absolute Gasteiger partial charge is 0.288 e. The van der Waals surface area contributed by atoms with Crippen LogP contribution in [-0.4, -0.2) is 23.3 Å². The van der Waals surface area contributed by atoms with Gasteiger partial charge in [-0.15, -0.1) is 11.3 Å². The summed E-state index contributed by atoms with van der Waals surface area (Å²) in [6.07, 6.45) is 0. The molecule has 0 radical (unpaired) electrons. The van der Waals surface area contributed by atoms with Crippen LogP contribution in [0.1, 0.15) is 28.1 Å². The van der Waals surface area contributed by atoms with E-state index < -0.39 is 17.3 Å². The van der Waals surface area contributed by atoms with E-state index in [1.54, 1.807) is 24.4 Å². The fraction of sp³-hybridized carbons (Fsp3) is 0.357. The van der Waals surface area contributed by atoms with E-state index in [1.165, 1.54) is 13.0 Å². The molecule has 1 atom stereocenters. The third-order valence-electron chi connectivity index (χ3n) is 2.92. The van der Waals surface area contributed by atoms with Crippen LogP contribution in [-0.2, 0) is 5.60 Å². The Hall–Kier alpha value is -1.38. The number of hydrogen-bond acceptors (Lipinski definition) is 5. The fourth-order valence-electron chi connectivity index (χ4n) is 1.80. The Kier molecular flexibility index (Phi) is 5.25. The first-order valence-corrected chi connectivity index (χ1v) is 8.15. The molecule has 22 heavy (non-hydrogen) atoms. The second kappa shape index (κ2) is 6.80. The van der Waals surface area contributed by atoms with E-state index in [9.17, 15) is 18.7 Å². The number of furan rings is 1. The Morgan fingerprint density at radius 2 is 2.23 bits per heavy atom. The van der Waals surface area contributed by atoms with E-state index in [1.807, 2.05) is 0 Å². The van der Waals surface area contributed by atoms with Crippen molar-refractivity contribution in [1.29, 1.82) is 0 Å². The standard InChI is InChI=1S/C14H15F2NO3S2/c1-8-3-4-10(20-8)14(2,19)7-17-12(18)11-9(5-6-21-11)22-13(15)16/h3-6,13,19H,7H2,1-2H3,(H,17,18). The minimum absolute atomic E-state index is 0.0878. The molecule has 4 nitrogen and oxygen atoms in total. The van der Waals surface area contributed by atoms with Crippen LogP contribution in [0.5, 0.6) is 0 Å². The average molecular weight is 347 g/mol. The van der Waals surface area contributed by atoms with Gasteiger partial charge in [0.25, 0.3) is 11.7 Å². The number of carbonyl (C=O) groups excluding carboxylic acids is 1. The first kappa shape index (κ1) is 17.0. The molecule has 0 aliphatic heterocycles. The molecule has 0 aliphatic carbocycles. The lowest BCUT2D eigenvalue weighted by Gasteiger charge is -2.21. The molecule has 0 spiro atoms. The first-order valence-electron chi connectivity index (χ1n) is 6.39. The highest BCUT2D eigenvalue weighted by Gasteiger charge is 2.28. The zero-order valence-corrected chi connectivity index (χ0v) is 13.6. The molecule has 2 aromatic heterocycles. The monoisotopic (exact) mass is 347 g/mol. The predicted molar refractivity (Wildman–Crippen MR) is 81.5 cm³/mol. The average Bonchev–Trinajstić information content (AvgIpc) is 3.05. The van der Waals surface area contributed by atoms with Crippen molar-refractivity contribution in [2.45, 2.75) is 30.1 Å². The highest BCUT2D eigenvalue weighted by Crippen LogP contribution is 2.32. The van der Waals surface area contributed by atoms with Gasteiger partial charge in [-0.05, 0) is 37.4 Å². The van der Waals surface area contributed by atoms with E-state index in [2.05, 4.69) is 5.32 Å². The zero-order chi connectivity index (χ0) is 16.3. The van der Waals surface area contributed by atoms with E-state index in [0.29, 0.717) is 23.3 Å². The molecule has 0 fully saturated rings. The molecule has 2 N–H and O–H groups in total. The predicted octanol–water partition coefficient (Wildman–Crippen LogP) is 3.60. The van der Waals surface area contributed by atoms with Crippen molar-refractivity contribution in [1.82, 2.24) is 5.32 Å². The number of aryl methyl sites for hydroxylation is 1. The number of halogens is 2. The van der Waals surface area contributed by atoms with Crippen LogP contribution in [0, 0.1) is 6.92 Å². The number of amides is 1. The minimum atomic E-state index is -2.59. The lowest BCUT2D eigenvalue weighted by Crippen LogP contribution is -2.38. The number of hydrogen-bond donors (Lipinski definition) is 2. The third-order valence-corrected chi connectivity index (χ3v) is 4.73. The summed E-state index contributed by atoms with van der Waals surface area (Å²) in [5.41, 5.74) is -1.38. The lowest BCUT2D eigenvalue weighted by molar-refractivity contribution is 0.0323.